The Hall–Kier alpha value is -0.670. The van der Waals surface area contributed by atoms with Gasteiger partial charge in [0.15, 0.2) is 0 Å². The summed E-state index contributed by atoms with van der Waals surface area (Å²) in [5.41, 5.74) is 0. The summed E-state index contributed by atoms with van der Waals surface area (Å²) in [5.74, 6) is 2.09. The van der Waals surface area contributed by atoms with Crippen LogP contribution in [0.15, 0.2) is 6.07 Å². The van der Waals surface area contributed by atoms with Crippen molar-refractivity contribution >= 4 is 34.8 Å². The summed E-state index contributed by atoms with van der Waals surface area (Å²) in [7, 11) is 0. The molecule has 18 heavy (non-hydrogen) atoms. The molecule has 2 rings (SSSR count). The molecule has 1 aromatic heterocycles. The Morgan fingerprint density at radius 3 is 2.61 bits per heavy atom. The Morgan fingerprint density at radius 2 is 2.00 bits per heavy atom. The molecule has 2 unspecified atom stereocenters. The molecular formula is C13H19Cl2N3. The van der Waals surface area contributed by atoms with E-state index in [-0.39, 0.29) is 0 Å². The lowest BCUT2D eigenvalue weighted by Crippen LogP contribution is -2.22. The van der Waals surface area contributed by atoms with Crippen LogP contribution in [-0.4, -0.2) is 17.6 Å². The number of hydrogen-bond acceptors (Lipinski definition) is 3. The summed E-state index contributed by atoms with van der Waals surface area (Å²) in [6.45, 7) is 5.06. The molecule has 1 fully saturated rings. The zero-order valence-electron chi connectivity index (χ0n) is 10.8. The van der Waals surface area contributed by atoms with Crippen LogP contribution in [0.2, 0.25) is 10.0 Å². The second-order valence-electron chi connectivity index (χ2n) is 4.84. The molecule has 1 aliphatic rings. The van der Waals surface area contributed by atoms with Crippen molar-refractivity contribution in [2.24, 2.45) is 5.92 Å². The molecule has 0 aromatic carbocycles. The molecule has 3 nitrogen and oxygen atoms in total. The average molecular weight is 288 g/mol. The minimum atomic E-state index is 0.464. The minimum Gasteiger partial charge on any atom is -0.369 e. The van der Waals surface area contributed by atoms with Gasteiger partial charge in [0, 0.05) is 12.6 Å². The molecule has 0 radical (unpaired) electrons. The number of nitrogens with one attached hydrogen (secondary N) is 2. The second-order valence-corrected chi connectivity index (χ2v) is 5.65. The number of nitrogens with zero attached hydrogens (tertiary/aromatic N) is 1. The number of halogens is 2. The van der Waals surface area contributed by atoms with Crippen LogP contribution in [0.25, 0.3) is 0 Å². The first kappa shape index (κ1) is 13.8. The highest BCUT2D eigenvalue weighted by Gasteiger charge is 2.24. The molecule has 1 aliphatic carbocycles. The molecule has 5 heteroatoms. The van der Waals surface area contributed by atoms with Crippen molar-refractivity contribution < 1.29 is 0 Å². The van der Waals surface area contributed by atoms with Crippen molar-refractivity contribution in [2.75, 3.05) is 17.2 Å². The minimum absolute atomic E-state index is 0.464. The Morgan fingerprint density at radius 1 is 1.28 bits per heavy atom. The predicted octanol–water partition coefficient (Wildman–Crippen LogP) is 4.42. The molecule has 1 saturated carbocycles. The van der Waals surface area contributed by atoms with Gasteiger partial charge in [0.25, 0.3) is 0 Å². The summed E-state index contributed by atoms with van der Waals surface area (Å²) >= 11 is 12.3. The first-order valence-electron chi connectivity index (χ1n) is 6.48. The van der Waals surface area contributed by atoms with Gasteiger partial charge in [-0.1, -0.05) is 36.5 Å². The van der Waals surface area contributed by atoms with Crippen LogP contribution >= 0.6 is 23.2 Å². The lowest BCUT2D eigenvalue weighted by molar-refractivity contribution is 0.555. The summed E-state index contributed by atoms with van der Waals surface area (Å²) in [5, 5.41) is 7.73. The van der Waals surface area contributed by atoms with Crippen molar-refractivity contribution in [2.45, 2.75) is 39.2 Å². The first-order chi connectivity index (χ1) is 8.61. The molecule has 0 spiro atoms. The lowest BCUT2D eigenvalue weighted by atomic mass is 10.1. The average Bonchev–Trinajstić information content (AvgIpc) is 2.71. The SMILES string of the molecule is CCNc1nc(NC2CCCC2C)c(Cl)cc1Cl. The van der Waals surface area contributed by atoms with Crippen LogP contribution in [0, 0.1) is 5.92 Å². The van der Waals surface area contributed by atoms with Crippen LogP contribution in [0.1, 0.15) is 33.1 Å². The number of rotatable bonds is 4. The molecule has 100 valence electrons. The third kappa shape index (κ3) is 3.01. The smallest absolute Gasteiger partial charge is 0.147 e. The van der Waals surface area contributed by atoms with Crippen LogP contribution in [0.4, 0.5) is 11.6 Å². The summed E-state index contributed by atoms with van der Waals surface area (Å²) in [6, 6.07) is 2.21. The molecule has 1 aromatic rings. The fourth-order valence-corrected chi connectivity index (χ4v) is 2.87. The van der Waals surface area contributed by atoms with E-state index in [0.29, 0.717) is 27.8 Å². The van der Waals surface area contributed by atoms with Gasteiger partial charge in [-0.3, -0.25) is 0 Å². The molecular weight excluding hydrogens is 269 g/mol. The third-order valence-corrected chi connectivity index (χ3v) is 4.03. The standard InChI is InChI=1S/C13H19Cl2N3/c1-3-16-12-9(14)7-10(15)13(18-12)17-11-6-4-5-8(11)2/h7-8,11H,3-6H2,1-2H3,(H2,16,17,18). The highest BCUT2D eigenvalue weighted by atomic mass is 35.5. The Labute approximate surface area is 118 Å². The summed E-state index contributed by atoms with van der Waals surface area (Å²) in [4.78, 5) is 4.47. The third-order valence-electron chi connectivity index (χ3n) is 3.46. The van der Waals surface area contributed by atoms with Crippen LogP contribution in [-0.2, 0) is 0 Å². The predicted molar refractivity (Wildman–Crippen MR) is 78.8 cm³/mol. The fraction of sp³-hybridized carbons (Fsp3) is 0.615. The van der Waals surface area contributed by atoms with Crippen molar-refractivity contribution in [3.05, 3.63) is 16.1 Å². The van der Waals surface area contributed by atoms with Crippen molar-refractivity contribution in [1.29, 1.82) is 0 Å². The lowest BCUT2D eigenvalue weighted by Gasteiger charge is -2.19. The van der Waals surface area contributed by atoms with E-state index in [0.717, 1.165) is 12.4 Å². The Kier molecular flexibility index (Phi) is 4.57. The topological polar surface area (TPSA) is 37.0 Å². The second kappa shape index (κ2) is 5.98. The highest BCUT2D eigenvalue weighted by Crippen LogP contribution is 2.33. The normalized spacial score (nSPS) is 23.1. The van der Waals surface area contributed by atoms with E-state index in [1.165, 1.54) is 19.3 Å². The van der Waals surface area contributed by atoms with E-state index in [9.17, 15) is 0 Å². The maximum atomic E-state index is 6.19. The molecule has 0 saturated heterocycles. The zero-order chi connectivity index (χ0) is 13.1. The van der Waals surface area contributed by atoms with E-state index < -0.39 is 0 Å². The first-order valence-corrected chi connectivity index (χ1v) is 7.23. The molecule has 2 N–H and O–H groups in total. The van der Waals surface area contributed by atoms with Gasteiger partial charge in [-0.2, -0.15) is 0 Å². The number of anilines is 2. The zero-order valence-corrected chi connectivity index (χ0v) is 12.3. The maximum Gasteiger partial charge on any atom is 0.147 e. The summed E-state index contributed by atoms with van der Waals surface area (Å²) in [6.07, 6.45) is 3.71. The van der Waals surface area contributed by atoms with Gasteiger partial charge in [0.05, 0.1) is 10.0 Å². The van der Waals surface area contributed by atoms with E-state index in [2.05, 4.69) is 22.5 Å². The number of pyridine rings is 1. The molecule has 2 atom stereocenters. The van der Waals surface area contributed by atoms with Crippen molar-refractivity contribution in [3.8, 4) is 0 Å². The number of hydrogen-bond donors (Lipinski definition) is 2. The van der Waals surface area contributed by atoms with Gasteiger partial charge in [0.1, 0.15) is 11.6 Å². The van der Waals surface area contributed by atoms with Gasteiger partial charge in [0.2, 0.25) is 0 Å². The largest absolute Gasteiger partial charge is 0.369 e. The molecule has 0 bridgehead atoms. The molecule has 1 heterocycles. The Bertz CT molecular complexity index is 423. The molecule has 0 aliphatic heterocycles. The monoisotopic (exact) mass is 287 g/mol. The van der Waals surface area contributed by atoms with Crippen molar-refractivity contribution in [3.63, 3.8) is 0 Å². The number of aromatic nitrogens is 1. The Balaban J connectivity index is 2.18. The van der Waals surface area contributed by atoms with Gasteiger partial charge in [-0.05, 0) is 31.7 Å². The van der Waals surface area contributed by atoms with Crippen LogP contribution in [0.5, 0.6) is 0 Å². The van der Waals surface area contributed by atoms with Gasteiger partial charge >= 0.3 is 0 Å². The van der Waals surface area contributed by atoms with Crippen LogP contribution < -0.4 is 10.6 Å². The van der Waals surface area contributed by atoms with E-state index in [1.807, 2.05) is 6.92 Å². The van der Waals surface area contributed by atoms with Crippen LogP contribution in [0.3, 0.4) is 0 Å². The fourth-order valence-electron chi connectivity index (χ4n) is 2.39. The van der Waals surface area contributed by atoms with E-state index in [1.54, 1.807) is 6.07 Å². The van der Waals surface area contributed by atoms with E-state index >= 15 is 0 Å². The highest BCUT2D eigenvalue weighted by molar-refractivity contribution is 6.37. The van der Waals surface area contributed by atoms with Gasteiger partial charge < -0.3 is 10.6 Å². The summed E-state index contributed by atoms with van der Waals surface area (Å²) < 4.78 is 0. The van der Waals surface area contributed by atoms with Gasteiger partial charge in [-0.25, -0.2) is 4.98 Å². The van der Waals surface area contributed by atoms with Crippen molar-refractivity contribution in [1.82, 2.24) is 4.98 Å². The van der Waals surface area contributed by atoms with Gasteiger partial charge in [-0.15, -0.1) is 0 Å². The van der Waals surface area contributed by atoms with E-state index in [4.69, 9.17) is 23.2 Å². The quantitative estimate of drug-likeness (QED) is 0.861. The maximum absolute atomic E-state index is 6.19. The molecule has 0 amide bonds.